The van der Waals surface area contributed by atoms with Gasteiger partial charge < -0.3 is 9.84 Å². The molecule has 1 N–H and O–H groups in total. The second kappa shape index (κ2) is 6.91. The molecule has 0 amide bonds. The van der Waals surface area contributed by atoms with Gasteiger partial charge in [-0.1, -0.05) is 49.6 Å². The molecule has 1 aromatic rings. The molecule has 0 aliphatic heterocycles. The van der Waals surface area contributed by atoms with Gasteiger partial charge >= 0.3 is 0 Å². The van der Waals surface area contributed by atoms with E-state index in [-0.39, 0.29) is 6.10 Å². The van der Waals surface area contributed by atoms with E-state index in [1.807, 2.05) is 37.3 Å². The van der Waals surface area contributed by atoms with Crippen LogP contribution >= 0.6 is 0 Å². The van der Waals surface area contributed by atoms with Crippen molar-refractivity contribution in [2.24, 2.45) is 5.92 Å². The highest BCUT2D eigenvalue weighted by Crippen LogP contribution is 2.25. The molecule has 0 aromatic heterocycles. The lowest BCUT2D eigenvalue weighted by Crippen LogP contribution is -2.23. The Morgan fingerprint density at radius 2 is 1.83 bits per heavy atom. The summed E-state index contributed by atoms with van der Waals surface area (Å²) in [6.07, 6.45) is 5.97. The summed E-state index contributed by atoms with van der Waals surface area (Å²) in [5, 5.41) is 10.2. The van der Waals surface area contributed by atoms with Crippen molar-refractivity contribution in [1.82, 2.24) is 0 Å². The topological polar surface area (TPSA) is 29.5 Å². The summed E-state index contributed by atoms with van der Waals surface area (Å²) in [6, 6.07) is 9.76. The number of benzene rings is 1. The molecule has 1 saturated carbocycles. The normalized spacial score (nSPS) is 20.6. The molecular formula is C16H24O2. The van der Waals surface area contributed by atoms with Gasteiger partial charge in [-0.3, -0.25) is 0 Å². The molecule has 1 aliphatic rings. The largest absolute Gasteiger partial charge is 0.386 e. The van der Waals surface area contributed by atoms with Crippen LogP contribution < -0.4 is 0 Å². The second-order valence-corrected chi connectivity index (χ2v) is 5.40. The molecule has 1 aliphatic carbocycles. The zero-order valence-corrected chi connectivity index (χ0v) is 11.2. The van der Waals surface area contributed by atoms with Crippen molar-refractivity contribution in [2.45, 2.75) is 51.2 Å². The number of rotatable bonds is 5. The molecule has 18 heavy (non-hydrogen) atoms. The SMILES string of the molecule is CC(OCC1CCCCC1)C(O)c1ccccc1. The quantitative estimate of drug-likeness (QED) is 0.861. The molecule has 0 heterocycles. The van der Waals surface area contributed by atoms with Crippen LogP contribution in [0.3, 0.4) is 0 Å². The lowest BCUT2D eigenvalue weighted by atomic mass is 9.90. The van der Waals surface area contributed by atoms with Crippen LogP contribution in [-0.2, 0) is 4.74 Å². The Morgan fingerprint density at radius 1 is 1.17 bits per heavy atom. The smallest absolute Gasteiger partial charge is 0.105 e. The number of ether oxygens (including phenoxy) is 1. The monoisotopic (exact) mass is 248 g/mol. The summed E-state index contributed by atoms with van der Waals surface area (Å²) in [7, 11) is 0. The van der Waals surface area contributed by atoms with Gasteiger partial charge in [-0.25, -0.2) is 0 Å². The number of hydrogen-bond donors (Lipinski definition) is 1. The zero-order valence-electron chi connectivity index (χ0n) is 11.2. The Labute approximate surface area is 110 Å². The Morgan fingerprint density at radius 3 is 2.50 bits per heavy atom. The molecule has 2 atom stereocenters. The minimum absolute atomic E-state index is 0.130. The van der Waals surface area contributed by atoms with Crippen LogP contribution in [-0.4, -0.2) is 17.8 Å². The fourth-order valence-corrected chi connectivity index (χ4v) is 2.65. The van der Waals surface area contributed by atoms with Crippen molar-refractivity contribution in [3.05, 3.63) is 35.9 Å². The van der Waals surface area contributed by atoms with Crippen LogP contribution in [0.1, 0.15) is 50.7 Å². The zero-order chi connectivity index (χ0) is 12.8. The maximum Gasteiger partial charge on any atom is 0.105 e. The third-order valence-electron chi connectivity index (χ3n) is 3.91. The van der Waals surface area contributed by atoms with E-state index < -0.39 is 6.10 Å². The average molecular weight is 248 g/mol. The average Bonchev–Trinajstić information content (AvgIpc) is 2.46. The lowest BCUT2D eigenvalue weighted by Gasteiger charge is -2.25. The van der Waals surface area contributed by atoms with Gasteiger partial charge in [0.15, 0.2) is 0 Å². The van der Waals surface area contributed by atoms with Crippen molar-refractivity contribution in [3.63, 3.8) is 0 Å². The minimum atomic E-state index is -0.519. The Balaban J connectivity index is 1.78. The van der Waals surface area contributed by atoms with E-state index in [1.165, 1.54) is 32.1 Å². The van der Waals surface area contributed by atoms with Gasteiger partial charge in [0.2, 0.25) is 0 Å². The van der Waals surface area contributed by atoms with Crippen molar-refractivity contribution in [3.8, 4) is 0 Å². The number of aliphatic hydroxyl groups is 1. The molecule has 0 saturated heterocycles. The van der Waals surface area contributed by atoms with Gasteiger partial charge in [-0.05, 0) is 31.2 Å². The van der Waals surface area contributed by atoms with E-state index in [2.05, 4.69) is 0 Å². The maximum absolute atomic E-state index is 10.2. The third kappa shape index (κ3) is 3.82. The van der Waals surface area contributed by atoms with E-state index in [4.69, 9.17) is 4.74 Å². The van der Waals surface area contributed by atoms with Crippen molar-refractivity contribution >= 4 is 0 Å². The van der Waals surface area contributed by atoms with Crippen LogP contribution in [0, 0.1) is 5.92 Å². The summed E-state index contributed by atoms with van der Waals surface area (Å²) < 4.78 is 5.85. The van der Waals surface area contributed by atoms with Crippen LogP contribution in [0.5, 0.6) is 0 Å². The first-order valence-electron chi connectivity index (χ1n) is 7.12. The van der Waals surface area contributed by atoms with Crippen molar-refractivity contribution < 1.29 is 9.84 Å². The standard InChI is InChI=1S/C16H24O2/c1-13(16(17)15-10-6-3-7-11-15)18-12-14-8-4-2-5-9-14/h3,6-7,10-11,13-14,16-17H,2,4-5,8-9,12H2,1H3. The lowest BCUT2D eigenvalue weighted by molar-refractivity contribution is -0.0444. The van der Waals surface area contributed by atoms with E-state index in [1.54, 1.807) is 0 Å². The van der Waals surface area contributed by atoms with Crippen LogP contribution in [0.2, 0.25) is 0 Å². The predicted molar refractivity (Wildman–Crippen MR) is 73.4 cm³/mol. The molecule has 100 valence electrons. The van der Waals surface area contributed by atoms with E-state index in [0.717, 1.165) is 12.2 Å². The van der Waals surface area contributed by atoms with Crippen LogP contribution in [0.15, 0.2) is 30.3 Å². The van der Waals surface area contributed by atoms with Gasteiger partial charge in [0.05, 0.1) is 6.10 Å². The second-order valence-electron chi connectivity index (χ2n) is 5.40. The number of hydrogen-bond acceptors (Lipinski definition) is 2. The van der Waals surface area contributed by atoms with Crippen LogP contribution in [0.25, 0.3) is 0 Å². The molecule has 1 fully saturated rings. The molecule has 2 nitrogen and oxygen atoms in total. The highest BCUT2D eigenvalue weighted by Gasteiger charge is 2.19. The third-order valence-corrected chi connectivity index (χ3v) is 3.91. The fraction of sp³-hybridized carbons (Fsp3) is 0.625. The molecule has 0 radical (unpaired) electrons. The highest BCUT2D eigenvalue weighted by atomic mass is 16.5. The molecule has 0 bridgehead atoms. The Hall–Kier alpha value is -0.860. The van der Waals surface area contributed by atoms with Gasteiger partial charge in [0.25, 0.3) is 0 Å². The van der Waals surface area contributed by atoms with Crippen molar-refractivity contribution in [2.75, 3.05) is 6.61 Å². The maximum atomic E-state index is 10.2. The van der Waals surface area contributed by atoms with Crippen molar-refractivity contribution in [1.29, 1.82) is 0 Å². The molecule has 2 unspecified atom stereocenters. The summed E-state index contributed by atoms with van der Waals surface area (Å²) in [6.45, 7) is 2.76. The molecule has 2 rings (SSSR count). The Kier molecular flexibility index (Phi) is 5.21. The van der Waals surface area contributed by atoms with E-state index >= 15 is 0 Å². The van der Waals surface area contributed by atoms with Gasteiger partial charge in [-0.15, -0.1) is 0 Å². The van der Waals surface area contributed by atoms with E-state index in [0.29, 0.717) is 5.92 Å². The summed E-state index contributed by atoms with van der Waals surface area (Å²) >= 11 is 0. The predicted octanol–water partition coefficient (Wildman–Crippen LogP) is 3.71. The first-order valence-corrected chi connectivity index (χ1v) is 7.12. The summed E-state index contributed by atoms with van der Waals surface area (Å²) in [5.41, 5.74) is 0.939. The van der Waals surface area contributed by atoms with E-state index in [9.17, 15) is 5.11 Å². The summed E-state index contributed by atoms with van der Waals surface area (Å²) in [4.78, 5) is 0. The fourth-order valence-electron chi connectivity index (χ4n) is 2.65. The summed E-state index contributed by atoms with van der Waals surface area (Å²) in [5.74, 6) is 0.698. The molecule has 0 spiro atoms. The molecular weight excluding hydrogens is 224 g/mol. The first-order chi connectivity index (χ1) is 8.77. The first kappa shape index (κ1) is 13.6. The molecule has 1 aromatic carbocycles. The van der Waals surface area contributed by atoms with Gasteiger partial charge in [-0.2, -0.15) is 0 Å². The van der Waals surface area contributed by atoms with Crippen LogP contribution in [0.4, 0.5) is 0 Å². The number of aliphatic hydroxyl groups excluding tert-OH is 1. The highest BCUT2D eigenvalue weighted by molar-refractivity contribution is 5.18. The van der Waals surface area contributed by atoms with Gasteiger partial charge in [0, 0.05) is 6.61 Å². The molecule has 2 heteroatoms. The Bertz CT molecular complexity index is 330. The minimum Gasteiger partial charge on any atom is -0.386 e. The van der Waals surface area contributed by atoms with Gasteiger partial charge in [0.1, 0.15) is 6.10 Å².